The Hall–Kier alpha value is -3.22. The highest BCUT2D eigenvalue weighted by Crippen LogP contribution is 2.24. The number of likely N-dealkylation sites (N-methyl/N-ethyl adjacent to an activating group) is 1. The summed E-state index contributed by atoms with van der Waals surface area (Å²) in [4.78, 5) is 43.8. The monoisotopic (exact) mass is 324 g/mol. The van der Waals surface area contributed by atoms with E-state index in [1.165, 1.54) is 9.80 Å². The average Bonchev–Trinajstić information content (AvgIpc) is 2.67. The van der Waals surface area contributed by atoms with Gasteiger partial charge in [0.25, 0.3) is 5.91 Å². The number of hydrogen-bond acceptors (Lipinski definition) is 4. The number of para-hydroxylation sites is 1. The predicted molar refractivity (Wildman–Crippen MR) is 88.6 cm³/mol. The first-order valence-electron chi connectivity index (χ1n) is 7.42. The van der Waals surface area contributed by atoms with Gasteiger partial charge in [-0.3, -0.25) is 14.4 Å². The van der Waals surface area contributed by atoms with Gasteiger partial charge in [-0.15, -0.1) is 0 Å². The third-order valence-electron chi connectivity index (χ3n) is 3.68. The van der Waals surface area contributed by atoms with E-state index in [0.29, 0.717) is 17.1 Å². The zero-order valence-electron chi connectivity index (χ0n) is 13.1. The summed E-state index contributed by atoms with van der Waals surface area (Å²) >= 11 is 0. The summed E-state index contributed by atoms with van der Waals surface area (Å²) in [6.07, 6.45) is 1.57. The highest BCUT2D eigenvalue weighted by atomic mass is 16.2. The highest BCUT2D eigenvalue weighted by molar-refractivity contribution is 6.11. The molecule has 1 aliphatic rings. The van der Waals surface area contributed by atoms with Crippen LogP contribution in [-0.4, -0.2) is 47.7 Å². The van der Waals surface area contributed by atoms with Crippen LogP contribution in [0.1, 0.15) is 10.4 Å². The van der Waals surface area contributed by atoms with Crippen molar-refractivity contribution in [2.75, 3.05) is 30.4 Å². The molecule has 122 valence electrons. The maximum atomic E-state index is 12.5. The van der Waals surface area contributed by atoms with Gasteiger partial charge in [0.2, 0.25) is 11.8 Å². The van der Waals surface area contributed by atoms with Crippen molar-refractivity contribution in [3.05, 3.63) is 54.2 Å². The molecule has 7 nitrogen and oxygen atoms in total. The van der Waals surface area contributed by atoms with Gasteiger partial charge >= 0.3 is 0 Å². The third kappa shape index (κ3) is 3.10. The molecule has 24 heavy (non-hydrogen) atoms. The lowest BCUT2D eigenvalue weighted by Gasteiger charge is -2.21. The molecular formula is C17H16N4O3. The van der Waals surface area contributed by atoms with Crippen LogP contribution in [0.3, 0.4) is 0 Å². The molecule has 0 saturated heterocycles. The van der Waals surface area contributed by atoms with E-state index < -0.39 is 0 Å². The number of fused-ring (bicyclic) bond motifs is 1. The maximum Gasteiger partial charge on any atom is 0.256 e. The van der Waals surface area contributed by atoms with Crippen molar-refractivity contribution in [3.63, 3.8) is 0 Å². The van der Waals surface area contributed by atoms with Gasteiger partial charge in [0.1, 0.15) is 18.9 Å². The molecule has 2 aromatic rings. The molecule has 1 aromatic heterocycles. The van der Waals surface area contributed by atoms with E-state index in [0.717, 1.165) is 0 Å². The number of nitrogens with one attached hydrogen (secondary N) is 1. The molecule has 1 aliphatic heterocycles. The lowest BCUT2D eigenvalue weighted by molar-refractivity contribution is -0.121. The molecule has 0 radical (unpaired) electrons. The Bertz CT molecular complexity index is 791. The number of pyridine rings is 1. The molecule has 7 heteroatoms. The average molecular weight is 324 g/mol. The number of amides is 3. The first kappa shape index (κ1) is 15.7. The molecule has 0 aliphatic carbocycles. The van der Waals surface area contributed by atoms with Crippen molar-refractivity contribution >= 4 is 29.2 Å². The van der Waals surface area contributed by atoms with Gasteiger partial charge in [-0.1, -0.05) is 18.2 Å². The van der Waals surface area contributed by atoms with Crippen LogP contribution < -0.4 is 10.2 Å². The fourth-order valence-electron chi connectivity index (χ4n) is 2.53. The zero-order chi connectivity index (χ0) is 17.1. The Kier molecular flexibility index (Phi) is 4.24. The largest absolute Gasteiger partial charge is 0.332 e. The molecule has 0 unspecified atom stereocenters. The molecule has 0 atom stereocenters. The van der Waals surface area contributed by atoms with Gasteiger partial charge < -0.3 is 15.1 Å². The summed E-state index contributed by atoms with van der Waals surface area (Å²) in [5, 5.41) is 2.64. The Morgan fingerprint density at radius 2 is 1.92 bits per heavy atom. The first-order valence-corrected chi connectivity index (χ1v) is 7.42. The lowest BCUT2D eigenvalue weighted by Crippen LogP contribution is -2.41. The van der Waals surface area contributed by atoms with Crippen molar-refractivity contribution in [1.82, 2.24) is 9.88 Å². The van der Waals surface area contributed by atoms with E-state index in [1.54, 1.807) is 55.7 Å². The van der Waals surface area contributed by atoms with Crippen molar-refractivity contribution in [2.45, 2.75) is 0 Å². The second-order valence-electron chi connectivity index (χ2n) is 5.42. The minimum Gasteiger partial charge on any atom is -0.332 e. The zero-order valence-corrected chi connectivity index (χ0v) is 13.1. The summed E-state index contributed by atoms with van der Waals surface area (Å²) in [6, 6.07) is 11.9. The number of nitrogens with zero attached hydrogens (tertiary/aromatic N) is 3. The minimum absolute atomic E-state index is 0.0790. The van der Waals surface area contributed by atoms with Gasteiger partial charge in [-0.2, -0.15) is 0 Å². The Morgan fingerprint density at radius 3 is 2.67 bits per heavy atom. The second-order valence-corrected chi connectivity index (χ2v) is 5.42. The van der Waals surface area contributed by atoms with Crippen LogP contribution in [0.4, 0.5) is 11.5 Å². The van der Waals surface area contributed by atoms with Gasteiger partial charge in [-0.05, 0) is 24.3 Å². The predicted octanol–water partition coefficient (Wildman–Crippen LogP) is 1.14. The highest BCUT2D eigenvalue weighted by Gasteiger charge is 2.30. The summed E-state index contributed by atoms with van der Waals surface area (Å²) in [5.74, 6) is -0.529. The first-order chi connectivity index (χ1) is 11.6. The van der Waals surface area contributed by atoms with Crippen LogP contribution in [0, 0.1) is 0 Å². The Morgan fingerprint density at radius 1 is 1.17 bits per heavy atom. The molecular weight excluding hydrogens is 308 g/mol. The van der Waals surface area contributed by atoms with E-state index >= 15 is 0 Å². The SMILES string of the molecule is CN1CC(=O)N(CC(=O)Nc2ccccn2)c2ccccc2C1=O. The lowest BCUT2D eigenvalue weighted by atomic mass is 10.1. The maximum absolute atomic E-state index is 12.5. The van der Waals surface area contributed by atoms with Crippen LogP contribution >= 0.6 is 0 Å². The van der Waals surface area contributed by atoms with Crippen LogP contribution in [0.15, 0.2) is 48.7 Å². The summed E-state index contributed by atoms with van der Waals surface area (Å²) in [5.41, 5.74) is 0.838. The summed E-state index contributed by atoms with van der Waals surface area (Å²) in [6.45, 7) is -0.266. The van der Waals surface area contributed by atoms with Crippen LogP contribution in [-0.2, 0) is 9.59 Å². The second kappa shape index (κ2) is 6.49. The molecule has 0 fully saturated rings. The van der Waals surface area contributed by atoms with Gasteiger partial charge in [0.05, 0.1) is 11.3 Å². The minimum atomic E-state index is -0.381. The molecule has 1 N–H and O–H groups in total. The number of rotatable bonds is 3. The van der Waals surface area contributed by atoms with Crippen molar-refractivity contribution < 1.29 is 14.4 Å². The van der Waals surface area contributed by atoms with Crippen LogP contribution in [0.2, 0.25) is 0 Å². The number of benzene rings is 1. The molecule has 3 amide bonds. The number of aromatic nitrogens is 1. The van der Waals surface area contributed by atoms with Gasteiger partial charge in [0.15, 0.2) is 0 Å². The van der Waals surface area contributed by atoms with Gasteiger partial charge in [0, 0.05) is 13.2 Å². The van der Waals surface area contributed by atoms with E-state index in [-0.39, 0.29) is 30.8 Å². The van der Waals surface area contributed by atoms with E-state index in [1.807, 2.05) is 0 Å². The van der Waals surface area contributed by atoms with Crippen molar-refractivity contribution in [3.8, 4) is 0 Å². The fraction of sp³-hybridized carbons (Fsp3) is 0.176. The number of carbonyl (C=O) groups excluding carboxylic acids is 3. The van der Waals surface area contributed by atoms with Gasteiger partial charge in [-0.25, -0.2) is 4.98 Å². The van der Waals surface area contributed by atoms with E-state index in [4.69, 9.17) is 0 Å². The van der Waals surface area contributed by atoms with Crippen molar-refractivity contribution in [2.24, 2.45) is 0 Å². The summed E-state index contributed by atoms with van der Waals surface area (Å²) in [7, 11) is 1.56. The topological polar surface area (TPSA) is 82.6 Å². The molecule has 2 heterocycles. The van der Waals surface area contributed by atoms with E-state index in [2.05, 4.69) is 10.3 Å². The van der Waals surface area contributed by atoms with Crippen molar-refractivity contribution in [1.29, 1.82) is 0 Å². The number of anilines is 2. The molecule has 3 rings (SSSR count). The molecule has 0 saturated carbocycles. The fourth-order valence-corrected chi connectivity index (χ4v) is 2.53. The Labute approximate surface area is 138 Å². The quantitative estimate of drug-likeness (QED) is 0.918. The number of hydrogen-bond donors (Lipinski definition) is 1. The molecule has 0 spiro atoms. The molecule has 0 bridgehead atoms. The van der Waals surface area contributed by atoms with E-state index in [9.17, 15) is 14.4 Å². The molecule has 1 aromatic carbocycles. The smallest absolute Gasteiger partial charge is 0.256 e. The number of carbonyl (C=O) groups is 3. The van der Waals surface area contributed by atoms with Crippen LogP contribution in [0.25, 0.3) is 0 Å². The van der Waals surface area contributed by atoms with Crippen LogP contribution in [0.5, 0.6) is 0 Å². The third-order valence-corrected chi connectivity index (χ3v) is 3.68. The summed E-state index contributed by atoms with van der Waals surface area (Å²) < 4.78 is 0. The normalized spacial score (nSPS) is 14.2. The Balaban J connectivity index is 1.86. The standard InChI is InChI=1S/C17H16N4O3/c1-20-11-16(23)21(13-7-3-2-6-12(13)17(20)24)10-15(22)19-14-8-4-5-9-18-14/h2-9H,10-11H2,1H3,(H,18,19,22).